The van der Waals surface area contributed by atoms with Crippen molar-refractivity contribution in [2.45, 2.75) is 70.4 Å². The van der Waals surface area contributed by atoms with Gasteiger partial charge in [0.2, 0.25) is 0 Å². The van der Waals surface area contributed by atoms with Gasteiger partial charge in [-0.05, 0) is 41.7 Å². The lowest BCUT2D eigenvalue weighted by Crippen LogP contribution is -2.64. The number of ether oxygens (including phenoxy) is 3. The molecule has 22 heavy (non-hydrogen) atoms. The molecule has 1 atom stereocenters. The van der Waals surface area contributed by atoms with E-state index in [1.807, 2.05) is 6.92 Å². The Morgan fingerprint density at radius 2 is 1.86 bits per heavy atom. The van der Waals surface area contributed by atoms with Crippen LogP contribution in [0.1, 0.15) is 47.5 Å². The predicted molar refractivity (Wildman–Crippen MR) is 83.7 cm³/mol. The van der Waals surface area contributed by atoms with Crippen LogP contribution in [0.15, 0.2) is 0 Å². The first kappa shape index (κ1) is 17.5. The summed E-state index contributed by atoms with van der Waals surface area (Å²) in [5, 5.41) is 2.61. The molecule has 1 spiro atoms. The Balaban J connectivity index is 1.97. The lowest BCUT2D eigenvalue weighted by atomic mass is 9.76. The van der Waals surface area contributed by atoms with Crippen molar-refractivity contribution >= 4 is 6.09 Å². The average molecular weight is 314 g/mol. The molecule has 2 aliphatic rings. The third kappa shape index (κ3) is 3.55. The van der Waals surface area contributed by atoms with E-state index in [1.165, 1.54) is 0 Å². The Bertz CT molecular complexity index is 404. The molecule has 0 aromatic rings. The summed E-state index contributed by atoms with van der Waals surface area (Å²) in [6.07, 6.45) is 1.00. The molecule has 2 heterocycles. The number of hydrogen-bond donors (Lipinski definition) is 1. The van der Waals surface area contributed by atoms with E-state index < -0.39 is 11.9 Å². The largest absolute Gasteiger partial charge is 0.447 e. The number of hydrogen-bond acceptors (Lipinski definition) is 5. The van der Waals surface area contributed by atoms with E-state index in [4.69, 9.17) is 14.2 Å². The highest BCUT2D eigenvalue weighted by molar-refractivity contribution is 5.66. The van der Waals surface area contributed by atoms with E-state index in [2.05, 4.69) is 45.0 Å². The van der Waals surface area contributed by atoms with Crippen LogP contribution in [0.3, 0.4) is 0 Å². The van der Waals surface area contributed by atoms with Gasteiger partial charge in [-0.15, -0.1) is 0 Å². The zero-order valence-electron chi connectivity index (χ0n) is 14.7. The molecule has 2 saturated heterocycles. The van der Waals surface area contributed by atoms with E-state index in [9.17, 15) is 4.79 Å². The third-order valence-electron chi connectivity index (χ3n) is 4.86. The Morgan fingerprint density at radius 3 is 2.41 bits per heavy atom. The highest BCUT2D eigenvalue weighted by Crippen LogP contribution is 2.47. The summed E-state index contributed by atoms with van der Waals surface area (Å²) in [5.74, 6) is -0.575. The summed E-state index contributed by atoms with van der Waals surface area (Å²) in [6.45, 7) is 11.9. The SMILES string of the molecule is CCNC(=O)OCC1COC2(CC(C)(C)N(C)C(C)(C)C2)O1. The van der Waals surface area contributed by atoms with Crippen molar-refractivity contribution in [3.63, 3.8) is 0 Å². The van der Waals surface area contributed by atoms with Gasteiger partial charge < -0.3 is 19.5 Å². The standard InChI is InChI=1S/C16H30N2O4/c1-7-17-13(19)20-8-12-9-21-16(22-12)10-14(2,3)18(6)15(4,5)11-16/h12H,7-11H2,1-6H3,(H,17,19). The van der Waals surface area contributed by atoms with Gasteiger partial charge in [-0.1, -0.05) is 0 Å². The molecule has 2 fully saturated rings. The van der Waals surface area contributed by atoms with Crippen LogP contribution in [-0.2, 0) is 14.2 Å². The van der Waals surface area contributed by atoms with E-state index in [0.29, 0.717) is 13.2 Å². The molecule has 0 aromatic heterocycles. The fraction of sp³-hybridized carbons (Fsp3) is 0.938. The van der Waals surface area contributed by atoms with E-state index in [1.54, 1.807) is 0 Å². The lowest BCUT2D eigenvalue weighted by molar-refractivity contribution is -0.243. The number of likely N-dealkylation sites (tertiary alicyclic amines) is 1. The zero-order chi connectivity index (χ0) is 16.6. The average Bonchev–Trinajstić information content (AvgIpc) is 2.76. The lowest BCUT2D eigenvalue weighted by Gasteiger charge is -2.56. The van der Waals surface area contributed by atoms with Crippen LogP contribution in [0, 0.1) is 0 Å². The first-order chi connectivity index (χ1) is 10.1. The number of carbonyl (C=O) groups is 1. The molecule has 1 N–H and O–H groups in total. The molecule has 0 aromatic carbocycles. The maximum atomic E-state index is 11.4. The second-order valence-electron chi connectivity index (χ2n) is 7.63. The smallest absolute Gasteiger partial charge is 0.407 e. The number of rotatable bonds is 3. The number of nitrogens with one attached hydrogen (secondary N) is 1. The zero-order valence-corrected chi connectivity index (χ0v) is 14.7. The van der Waals surface area contributed by atoms with Crippen LogP contribution >= 0.6 is 0 Å². The van der Waals surface area contributed by atoms with Crippen molar-refractivity contribution in [3.8, 4) is 0 Å². The third-order valence-corrected chi connectivity index (χ3v) is 4.86. The molecule has 0 aliphatic carbocycles. The molecule has 6 heteroatoms. The molecule has 6 nitrogen and oxygen atoms in total. The fourth-order valence-electron chi connectivity index (χ4n) is 3.69. The predicted octanol–water partition coefficient (Wildman–Crippen LogP) is 2.13. The Hall–Kier alpha value is -0.850. The van der Waals surface area contributed by atoms with Gasteiger partial charge in [0.05, 0.1) is 6.61 Å². The van der Waals surface area contributed by atoms with Crippen LogP contribution in [0.5, 0.6) is 0 Å². The van der Waals surface area contributed by atoms with Crippen molar-refractivity contribution in [3.05, 3.63) is 0 Å². The molecule has 0 radical (unpaired) electrons. The van der Waals surface area contributed by atoms with Crippen molar-refractivity contribution in [2.24, 2.45) is 0 Å². The minimum atomic E-state index is -0.575. The van der Waals surface area contributed by atoms with Gasteiger partial charge in [0.25, 0.3) is 0 Å². The van der Waals surface area contributed by atoms with Gasteiger partial charge in [-0.3, -0.25) is 4.90 Å². The van der Waals surface area contributed by atoms with E-state index in [-0.39, 0.29) is 23.8 Å². The van der Waals surface area contributed by atoms with Gasteiger partial charge in [0.15, 0.2) is 5.79 Å². The van der Waals surface area contributed by atoms with Crippen molar-refractivity contribution in [1.29, 1.82) is 0 Å². The number of amides is 1. The van der Waals surface area contributed by atoms with Gasteiger partial charge in [0, 0.05) is 30.5 Å². The normalized spacial score (nSPS) is 29.5. The monoisotopic (exact) mass is 314 g/mol. The summed E-state index contributed by atoms with van der Waals surface area (Å²) in [7, 11) is 2.15. The highest BCUT2D eigenvalue weighted by atomic mass is 16.8. The summed E-state index contributed by atoms with van der Waals surface area (Å²) in [4.78, 5) is 13.8. The minimum absolute atomic E-state index is 0.0168. The van der Waals surface area contributed by atoms with Gasteiger partial charge in [-0.2, -0.15) is 0 Å². The molecular weight excluding hydrogens is 284 g/mol. The first-order valence-corrected chi connectivity index (χ1v) is 8.07. The van der Waals surface area contributed by atoms with Crippen LogP contribution in [-0.4, -0.2) is 60.8 Å². The molecule has 0 saturated carbocycles. The van der Waals surface area contributed by atoms with Crippen molar-refractivity contribution in [2.75, 3.05) is 26.8 Å². The second kappa shape index (κ2) is 5.98. The second-order valence-corrected chi connectivity index (χ2v) is 7.63. The number of carbonyl (C=O) groups excluding carboxylic acids is 1. The number of piperidine rings is 1. The number of alkyl carbamates (subject to hydrolysis) is 1. The summed E-state index contributed by atoms with van der Waals surface area (Å²) in [5.41, 5.74) is -0.0336. The Labute approximate surface area is 133 Å². The maximum Gasteiger partial charge on any atom is 0.407 e. The minimum Gasteiger partial charge on any atom is -0.447 e. The molecule has 0 bridgehead atoms. The number of nitrogens with zero attached hydrogens (tertiary/aromatic N) is 1. The van der Waals surface area contributed by atoms with E-state index >= 15 is 0 Å². The summed E-state index contributed by atoms with van der Waals surface area (Å²) < 4.78 is 17.4. The molecule has 2 rings (SSSR count). The van der Waals surface area contributed by atoms with Crippen molar-refractivity contribution < 1.29 is 19.0 Å². The fourth-order valence-corrected chi connectivity index (χ4v) is 3.69. The molecular formula is C16H30N2O4. The van der Waals surface area contributed by atoms with E-state index in [0.717, 1.165) is 12.8 Å². The van der Waals surface area contributed by atoms with Gasteiger partial charge in [-0.25, -0.2) is 4.79 Å². The van der Waals surface area contributed by atoms with Crippen LogP contribution in [0.2, 0.25) is 0 Å². The molecule has 1 unspecified atom stereocenters. The summed E-state index contributed by atoms with van der Waals surface area (Å²) >= 11 is 0. The van der Waals surface area contributed by atoms with Gasteiger partial charge in [0.1, 0.15) is 12.7 Å². The summed E-state index contributed by atoms with van der Waals surface area (Å²) in [6, 6.07) is 0. The maximum absolute atomic E-state index is 11.4. The van der Waals surface area contributed by atoms with Crippen LogP contribution < -0.4 is 5.32 Å². The Kier molecular flexibility index (Phi) is 4.76. The molecule has 2 aliphatic heterocycles. The highest BCUT2D eigenvalue weighted by Gasteiger charge is 2.55. The first-order valence-electron chi connectivity index (χ1n) is 8.07. The van der Waals surface area contributed by atoms with Crippen molar-refractivity contribution in [1.82, 2.24) is 10.2 Å². The molecule has 128 valence electrons. The van der Waals surface area contributed by atoms with Gasteiger partial charge >= 0.3 is 6.09 Å². The van der Waals surface area contributed by atoms with Crippen LogP contribution in [0.4, 0.5) is 4.79 Å². The Morgan fingerprint density at radius 1 is 1.27 bits per heavy atom. The topological polar surface area (TPSA) is 60.0 Å². The molecule has 1 amide bonds. The quantitative estimate of drug-likeness (QED) is 0.865. The van der Waals surface area contributed by atoms with Crippen LogP contribution in [0.25, 0.3) is 0 Å².